The Labute approximate surface area is 95.0 Å². The van der Waals surface area contributed by atoms with Crippen LogP contribution in [0.25, 0.3) is 0 Å². The molecule has 0 aromatic heterocycles. The summed E-state index contributed by atoms with van der Waals surface area (Å²) in [5, 5.41) is 2.86. The number of carbonyl (C=O) groups is 1. The normalized spacial score (nSPS) is 27.7. The van der Waals surface area contributed by atoms with E-state index in [1.165, 1.54) is 0 Å². The molecular weight excluding hydrogens is 234 g/mol. The fourth-order valence-corrected chi connectivity index (χ4v) is 2.44. The van der Waals surface area contributed by atoms with Gasteiger partial charge in [0.25, 0.3) is 0 Å². The van der Waals surface area contributed by atoms with Crippen molar-refractivity contribution < 1.29 is 17.9 Å². The highest BCUT2D eigenvalue weighted by Gasteiger charge is 2.35. The average Bonchev–Trinajstić information content (AvgIpc) is 2.19. The van der Waals surface area contributed by atoms with E-state index >= 15 is 0 Å². The standard InChI is InChI=1S/C8H17N3O4S/c1-3-6(12)15-8-7(9)11(5-4-10-8)16(2,13)14/h7-8,10H,3-5,9H2,1-2H3/t7-,8?/m0/s1. The lowest BCUT2D eigenvalue weighted by Crippen LogP contribution is -2.64. The topological polar surface area (TPSA) is 102 Å². The van der Waals surface area contributed by atoms with Gasteiger partial charge in [-0.3, -0.25) is 10.1 Å². The first-order valence-electron chi connectivity index (χ1n) is 5.01. The summed E-state index contributed by atoms with van der Waals surface area (Å²) in [6.07, 6.45) is -0.351. The summed E-state index contributed by atoms with van der Waals surface area (Å²) in [6.45, 7) is 2.34. The van der Waals surface area contributed by atoms with E-state index in [1.807, 2.05) is 0 Å². The second-order valence-electron chi connectivity index (χ2n) is 3.58. The monoisotopic (exact) mass is 251 g/mol. The van der Waals surface area contributed by atoms with E-state index in [-0.39, 0.29) is 13.0 Å². The number of rotatable bonds is 3. The molecule has 8 heteroatoms. The molecule has 94 valence electrons. The van der Waals surface area contributed by atoms with Crippen LogP contribution in [-0.2, 0) is 19.6 Å². The predicted octanol–water partition coefficient (Wildman–Crippen LogP) is -1.58. The molecule has 1 saturated heterocycles. The van der Waals surface area contributed by atoms with Crippen molar-refractivity contribution in [2.45, 2.75) is 25.7 Å². The van der Waals surface area contributed by atoms with E-state index in [0.29, 0.717) is 6.54 Å². The maximum Gasteiger partial charge on any atom is 0.307 e. The first kappa shape index (κ1) is 13.4. The second kappa shape index (κ2) is 5.09. The molecule has 1 rings (SSSR count). The van der Waals surface area contributed by atoms with E-state index in [9.17, 15) is 13.2 Å². The fourth-order valence-electron chi connectivity index (χ4n) is 1.46. The van der Waals surface area contributed by atoms with E-state index in [2.05, 4.69) is 5.32 Å². The molecule has 1 heterocycles. The Kier molecular flexibility index (Phi) is 4.25. The number of carbonyl (C=O) groups excluding carboxylic acids is 1. The number of sulfonamides is 1. The average molecular weight is 251 g/mol. The van der Waals surface area contributed by atoms with Gasteiger partial charge in [0.15, 0.2) is 6.23 Å². The van der Waals surface area contributed by atoms with Crippen LogP contribution in [0, 0.1) is 0 Å². The van der Waals surface area contributed by atoms with Gasteiger partial charge in [0.2, 0.25) is 10.0 Å². The highest BCUT2D eigenvalue weighted by molar-refractivity contribution is 7.88. The first-order chi connectivity index (χ1) is 7.36. The van der Waals surface area contributed by atoms with Crippen molar-refractivity contribution in [1.82, 2.24) is 9.62 Å². The van der Waals surface area contributed by atoms with Crippen LogP contribution < -0.4 is 11.1 Å². The van der Waals surface area contributed by atoms with Gasteiger partial charge in [-0.15, -0.1) is 0 Å². The van der Waals surface area contributed by atoms with Crippen LogP contribution in [0.5, 0.6) is 0 Å². The van der Waals surface area contributed by atoms with Gasteiger partial charge >= 0.3 is 5.97 Å². The summed E-state index contributed by atoms with van der Waals surface area (Å²) in [6, 6.07) is 0. The minimum Gasteiger partial charge on any atom is -0.443 e. The van der Waals surface area contributed by atoms with Crippen LogP contribution >= 0.6 is 0 Å². The lowest BCUT2D eigenvalue weighted by Gasteiger charge is -2.37. The van der Waals surface area contributed by atoms with Crippen molar-refractivity contribution in [2.75, 3.05) is 19.3 Å². The molecule has 3 N–H and O–H groups in total. The lowest BCUT2D eigenvalue weighted by atomic mass is 10.3. The second-order valence-corrected chi connectivity index (χ2v) is 5.52. The van der Waals surface area contributed by atoms with Crippen LogP contribution in [0.15, 0.2) is 0 Å². The van der Waals surface area contributed by atoms with Gasteiger partial charge in [0, 0.05) is 19.5 Å². The van der Waals surface area contributed by atoms with Crippen molar-refractivity contribution >= 4 is 16.0 Å². The molecule has 0 aromatic carbocycles. The molecule has 0 amide bonds. The molecule has 0 bridgehead atoms. The molecule has 0 saturated carbocycles. The molecular formula is C8H17N3O4S. The van der Waals surface area contributed by atoms with Crippen LogP contribution in [0.2, 0.25) is 0 Å². The largest absolute Gasteiger partial charge is 0.443 e. The van der Waals surface area contributed by atoms with Gasteiger partial charge < -0.3 is 10.5 Å². The number of hydrogen-bond donors (Lipinski definition) is 2. The summed E-state index contributed by atoms with van der Waals surface area (Å²) >= 11 is 0. The maximum atomic E-state index is 11.4. The summed E-state index contributed by atoms with van der Waals surface area (Å²) in [5.74, 6) is -0.414. The smallest absolute Gasteiger partial charge is 0.307 e. The highest BCUT2D eigenvalue weighted by Crippen LogP contribution is 2.10. The Morgan fingerprint density at radius 1 is 1.62 bits per heavy atom. The predicted molar refractivity (Wildman–Crippen MR) is 57.7 cm³/mol. The zero-order valence-electron chi connectivity index (χ0n) is 9.34. The molecule has 7 nitrogen and oxygen atoms in total. The Morgan fingerprint density at radius 3 is 2.75 bits per heavy atom. The third-order valence-electron chi connectivity index (χ3n) is 2.29. The minimum absolute atomic E-state index is 0.226. The van der Waals surface area contributed by atoms with Crippen LogP contribution in [0.1, 0.15) is 13.3 Å². The number of nitrogens with two attached hydrogens (primary N) is 1. The van der Waals surface area contributed by atoms with Crippen molar-refractivity contribution in [2.24, 2.45) is 5.73 Å². The number of piperazine rings is 1. The van der Waals surface area contributed by atoms with E-state index < -0.39 is 28.4 Å². The molecule has 0 aromatic rings. The Morgan fingerprint density at radius 2 is 2.25 bits per heavy atom. The number of hydrogen-bond acceptors (Lipinski definition) is 6. The zero-order chi connectivity index (χ0) is 12.3. The maximum absolute atomic E-state index is 11.4. The molecule has 0 radical (unpaired) electrons. The summed E-state index contributed by atoms with van der Waals surface area (Å²) in [7, 11) is -3.37. The number of ether oxygens (including phenoxy) is 1. The quantitative estimate of drug-likeness (QED) is 0.587. The SMILES string of the molecule is CCC(=O)OC1NCCN(S(C)(=O)=O)[C@@H]1N. The van der Waals surface area contributed by atoms with Crippen molar-refractivity contribution in [3.63, 3.8) is 0 Å². The Balaban J connectivity index is 2.71. The van der Waals surface area contributed by atoms with Gasteiger partial charge in [-0.1, -0.05) is 6.92 Å². The molecule has 1 fully saturated rings. The van der Waals surface area contributed by atoms with Crippen LogP contribution in [-0.4, -0.2) is 50.4 Å². The molecule has 0 spiro atoms. The van der Waals surface area contributed by atoms with Crippen molar-refractivity contribution in [3.05, 3.63) is 0 Å². The molecule has 1 aliphatic heterocycles. The summed E-state index contributed by atoms with van der Waals surface area (Å²) in [4.78, 5) is 11.1. The summed E-state index contributed by atoms with van der Waals surface area (Å²) < 4.78 is 28.9. The van der Waals surface area contributed by atoms with E-state index in [4.69, 9.17) is 10.5 Å². The van der Waals surface area contributed by atoms with E-state index in [0.717, 1.165) is 10.6 Å². The third kappa shape index (κ3) is 3.14. The van der Waals surface area contributed by atoms with Gasteiger partial charge in [-0.2, -0.15) is 4.31 Å². The third-order valence-corrected chi connectivity index (χ3v) is 3.57. The number of nitrogens with zero attached hydrogens (tertiary/aromatic N) is 1. The molecule has 1 unspecified atom stereocenters. The van der Waals surface area contributed by atoms with Crippen LogP contribution in [0.4, 0.5) is 0 Å². The molecule has 1 aliphatic rings. The van der Waals surface area contributed by atoms with Crippen LogP contribution in [0.3, 0.4) is 0 Å². The molecule has 2 atom stereocenters. The molecule has 16 heavy (non-hydrogen) atoms. The Bertz CT molecular complexity index is 356. The van der Waals surface area contributed by atoms with Gasteiger partial charge in [-0.25, -0.2) is 8.42 Å². The van der Waals surface area contributed by atoms with E-state index in [1.54, 1.807) is 6.92 Å². The number of esters is 1. The first-order valence-corrected chi connectivity index (χ1v) is 6.86. The summed E-state index contributed by atoms with van der Waals surface area (Å²) in [5.41, 5.74) is 5.72. The van der Waals surface area contributed by atoms with Gasteiger partial charge in [0.05, 0.1) is 6.26 Å². The van der Waals surface area contributed by atoms with Crippen molar-refractivity contribution in [3.8, 4) is 0 Å². The number of nitrogens with one attached hydrogen (secondary N) is 1. The van der Waals surface area contributed by atoms with Crippen molar-refractivity contribution in [1.29, 1.82) is 0 Å². The highest BCUT2D eigenvalue weighted by atomic mass is 32.2. The molecule has 0 aliphatic carbocycles. The minimum atomic E-state index is -3.37. The van der Waals surface area contributed by atoms with Gasteiger partial charge in [-0.05, 0) is 0 Å². The van der Waals surface area contributed by atoms with Gasteiger partial charge in [0.1, 0.15) is 6.17 Å². The lowest BCUT2D eigenvalue weighted by molar-refractivity contribution is -0.154. The Hall–Kier alpha value is -0.700. The fraction of sp³-hybridized carbons (Fsp3) is 0.875. The zero-order valence-corrected chi connectivity index (χ0v) is 10.2.